The standard InChI is InChI=1S/C32H33FO6/c1-18-11-23(37-16-20-9-10-36-15-20)12-19(2)31(18)25-5-7-27(33)32-26(25)6-8-28(32)39-22-3-4-24-21(13-30(34)35)17-38-29(24)14-22/h3-5,7,11-12,14,20-21,28H,6,8-10,13,15-17H2,1-2H3,(H,34,35)/t20?,21-,28-/m1/s1. The van der Waals surface area contributed by atoms with Crippen LogP contribution < -0.4 is 14.2 Å². The average molecular weight is 533 g/mol. The van der Waals surface area contributed by atoms with E-state index >= 15 is 4.39 Å². The molecular weight excluding hydrogens is 499 g/mol. The van der Waals surface area contributed by atoms with Gasteiger partial charge in [0.2, 0.25) is 0 Å². The van der Waals surface area contributed by atoms with Gasteiger partial charge in [-0.05, 0) is 85.2 Å². The molecule has 7 heteroatoms. The smallest absolute Gasteiger partial charge is 0.304 e. The second kappa shape index (κ2) is 10.5. The molecule has 1 N–H and O–H groups in total. The molecule has 1 saturated heterocycles. The number of carboxylic acid groups (broad SMARTS) is 1. The zero-order valence-electron chi connectivity index (χ0n) is 22.3. The summed E-state index contributed by atoms with van der Waals surface area (Å²) in [5, 5.41) is 9.15. The van der Waals surface area contributed by atoms with Gasteiger partial charge in [0.1, 0.15) is 29.2 Å². The van der Waals surface area contributed by atoms with Crippen molar-refractivity contribution >= 4 is 5.97 Å². The highest BCUT2D eigenvalue weighted by Crippen LogP contribution is 2.45. The fraction of sp³-hybridized carbons (Fsp3) is 0.406. The highest BCUT2D eigenvalue weighted by atomic mass is 19.1. The number of carboxylic acids is 1. The summed E-state index contributed by atoms with van der Waals surface area (Å²) in [7, 11) is 0. The molecule has 0 spiro atoms. The third-order valence-corrected chi connectivity index (χ3v) is 8.13. The molecule has 6 rings (SSSR count). The lowest BCUT2D eigenvalue weighted by atomic mass is 9.90. The van der Waals surface area contributed by atoms with Crippen LogP contribution >= 0.6 is 0 Å². The fourth-order valence-electron chi connectivity index (χ4n) is 6.26. The normalized spacial score (nSPS) is 21.4. The first-order valence-corrected chi connectivity index (χ1v) is 13.7. The summed E-state index contributed by atoms with van der Waals surface area (Å²) < 4.78 is 38.9. The highest BCUT2D eigenvalue weighted by Gasteiger charge is 2.32. The van der Waals surface area contributed by atoms with Gasteiger partial charge < -0.3 is 24.1 Å². The number of hydrogen-bond donors (Lipinski definition) is 1. The molecule has 39 heavy (non-hydrogen) atoms. The van der Waals surface area contributed by atoms with Gasteiger partial charge in [0, 0.05) is 35.6 Å². The van der Waals surface area contributed by atoms with E-state index in [1.165, 1.54) is 0 Å². The van der Waals surface area contributed by atoms with Crippen LogP contribution in [-0.2, 0) is 16.0 Å². The van der Waals surface area contributed by atoms with Crippen molar-refractivity contribution in [2.24, 2.45) is 5.92 Å². The van der Waals surface area contributed by atoms with Crippen molar-refractivity contribution in [3.63, 3.8) is 0 Å². The Morgan fingerprint density at radius 1 is 1.05 bits per heavy atom. The van der Waals surface area contributed by atoms with Gasteiger partial charge in [0.15, 0.2) is 0 Å². The number of ether oxygens (including phenoxy) is 4. The minimum Gasteiger partial charge on any atom is -0.493 e. The monoisotopic (exact) mass is 532 g/mol. The predicted molar refractivity (Wildman–Crippen MR) is 144 cm³/mol. The molecule has 3 aromatic rings. The first-order chi connectivity index (χ1) is 18.9. The maximum atomic E-state index is 15.3. The number of carbonyl (C=O) groups is 1. The van der Waals surface area contributed by atoms with Gasteiger partial charge in [0.05, 0.1) is 26.2 Å². The van der Waals surface area contributed by atoms with Gasteiger partial charge in [-0.1, -0.05) is 12.1 Å². The van der Waals surface area contributed by atoms with E-state index in [1.807, 2.05) is 18.2 Å². The summed E-state index contributed by atoms with van der Waals surface area (Å²) in [4.78, 5) is 11.2. The maximum absolute atomic E-state index is 15.3. The van der Waals surface area contributed by atoms with Crippen molar-refractivity contribution in [1.29, 1.82) is 0 Å². The molecule has 1 fully saturated rings. The number of halogens is 1. The minimum atomic E-state index is -0.850. The van der Waals surface area contributed by atoms with Crippen LogP contribution in [0.2, 0.25) is 0 Å². The summed E-state index contributed by atoms with van der Waals surface area (Å²) in [6.45, 7) is 6.71. The predicted octanol–water partition coefficient (Wildman–Crippen LogP) is 6.54. The van der Waals surface area contributed by atoms with Gasteiger partial charge in [-0.2, -0.15) is 0 Å². The fourth-order valence-corrected chi connectivity index (χ4v) is 6.26. The van der Waals surface area contributed by atoms with Gasteiger partial charge in [-0.25, -0.2) is 4.39 Å². The molecule has 1 unspecified atom stereocenters. The first kappa shape index (κ1) is 25.7. The molecule has 1 aliphatic carbocycles. The van der Waals surface area contributed by atoms with Gasteiger partial charge in [0.25, 0.3) is 0 Å². The Labute approximate surface area is 227 Å². The third-order valence-electron chi connectivity index (χ3n) is 8.13. The van der Waals surface area contributed by atoms with E-state index in [4.69, 9.17) is 24.1 Å². The van der Waals surface area contributed by atoms with E-state index in [9.17, 15) is 4.79 Å². The van der Waals surface area contributed by atoms with Gasteiger partial charge >= 0.3 is 5.97 Å². The number of aliphatic carboxylic acids is 1. The maximum Gasteiger partial charge on any atom is 0.304 e. The summed E-state index contributed by atoms with van der Waals surface area (Å²) in [6.07, 6.45) is 2.04. The molecule has 0 amide bonds. The van der Waals surface area contributed by atoms with Crippen LogP contribution in [0.25, 0.3) is 11.1 Å². The van der Waals surface area contributed by atoms with Crippen molar-refractivity contribution in [3.05, 3.63) is 76.1 Å². The molecule has 0 radical (unpaired) electrons. The second-order valence-electron chi connectivity index (χ2n) is 10.9. The molecule has 2 heterocycles. The first-order valence-electron chi connectivity index (χ1n) is 13.7. The Bertz CT molecular complexity index is 1390. The number of fused-ring (bicyclic) bond motifs is 2. The second-order valence-corrected chi connectivity index (χ2v) is 10.9. The van der Waals surface area contributed by atoms with E-state index < -0.39 is 12.1 Å². The third kappa shape index (κ3) is 5.08. The topological polar surface area (TPSA) is 74.2 Å². The van der Waals surface area contributed by atoms with E-state index in [-0.39, 0.29) is 18.2 Å². The van der Waals surface area contributed by atoms with E-state index in [0.717, 1.165) is 58.8 Å². The van der Waals surface area contributed by atoms with Crippen LogP contribution in [0, 0.1) is 25.6 Å². The molecule has 2 aliphatic heterocycles. The number of benzene rings is 3. The summed E-state index contributed by atoms with van der Waals surface area (Å²) in [5.41, 5.74) is 6.81. The van der Waals surface area contributed by atoms with Gasteiger partial charge in [-0.15, -0.1) is 0 Å². The summed E-state index contributed by atoms with van der Waals surface area (Å²) in [6, 6.07) is 13.0. The summed E-state index contributed by atoms with van der Waals surface area (Å²) in [5.74, 6) is 1.24. The molecule has 3 atom stereocenters. The van der Waals surface area contributed by atoms with Crippen molar-refractivity contribution in [2.75, 3.05) is 26.4 Å². The number of aryl methyl sites for hydroxylation is 2. The van der Waals surface area contributed by atoms with Crippen LogP contribution in [0.4, 0.5) is 4.39 Å². The van der Waals surface area contributed by atoms with Crippen molar-refractivity contribution in [3.8, 4) is 28.4 Å². The Kier molecular flexibility index (Phi) is 6.94. The van der Waals surface area contributed by atoms with Crippen LogP contribution in [-0.4, -0.2) is 37.5 Å². The van der Waals surface area contributed by atoms with E-state index in [2.05, 4.69) is 26.0 Å². The Hall–Kier alpha value is -3.58. The summed E-state index contributed by atoms with van der Waals surface area (Å²) >= 11 is 0. The van der Waals surface area contributed by atoms with Crippen LogP contribution in [0.3, 0.4) is 0 Å². The van der Waals surface area contributed by atoms with E-state index in [0.29, 0.717) is 49.0 Å². The molecular formula is C32H33FO6. The van der Waals surface area contributed by atoms with Crippen LogP contribution in [0.1, 0.15) is 59.1 Å². The Morgan fingerprint density at radius 3 is 2.62 bits per heavy atom. The zero-order chi connectivity index (χ0) is 27.1. The minimum absolute atomic E-state index is 0.0264. The van der Waals surface area contributed by atoms with Crippen LogP contribution in [0.15, 0.2) is 42.5 Å². The van der Waals surface area contributed by atoms with Crippen molar-refractivity contribution < 1.29 is 33.2 Å². The van der Waals surface area contributed by atoms with Crippen LogP contribution in [0.5, 0.6) is 17.2 Å². The molecule has 3 aliphatic rings. The molecule has 0 aromatic heterocycles. The zero-order valence-corrected chi connectivity index (χ0v) is 22.3. The Morgan fingerprint density at radius 2 is 1.87 bits per heavy atom. The Balaban J connectivity index is 1.24. The average Bonchev–Trinajstić information content (AvgIpc) is 3.65. The number of rotatable bonds is 8. The van der Waals surface area contributed by atoms with Crippen molar-refractivity contribution in [1.82, 2.24) is 0 Å². The van der Waals surface area contributed by atoms with Gasteiger partial charge in [-0.3, -0.25) is 4.79 Å². The lowest BCUT2D eigenvalue weighted by Gasteiger charge is -2.19. The molecule has 3 aromatic carbocycles. The molecule has 0 bridgehead atoms. The molecule has 0 saturated carbocycles. The molecule has 6 nitrogen and oxygen atoms in total. The lowest BCUT2D eigenvalue weighted by Crippen LogP contribution is -2.12. The number of hydrogen-bond acceptors (Lipinski definition) is 5. The highest BCUT2D eigenvalue weighted by molar-refractivity contribution is 5.76. The van der Waals surface area contributed by atoms with Crippen molar-refractivity contribution in [2.45, 2.75) is 51.6 Å². The largest absolute Gasteiger partial charge is 0.493 e. The quantitative estimate of drug-likeness (QED) is 0.355. The van der Waals surface area contributed by atoms with E-state index in [1.54, 1.807) is 12.1 Å². The SMILES string of the molecule is Cc1cc(OCC2CCOC2)cc(C)c1-c1ccc(F)c2c1CC[C@H]2Oc1ccc2c(c1)OC[C@H]2CC(=O)O. The molecule has 204 valence electrons. The lowest BCUT2D eigenvalue weighted by molar-refractivity contribution is -0.137.